The first-order valence-corrected chi connectivity index (χ1v) is 7.57. The van der Waals surface area contributed by atoms with Gasteiger partial charge in [-0.1, -0.05) is 48.2 Å². The fraction of sp³-hybridized carbons (Fsp3) is 0.312. The lowest BCUT2D eigenvalue weighted by molar-refractivity contribution is 0.422. The van der Waals surface area contributed by atoms with Gasteiger partial charge in [0.1, 0.15) is 0 Å². The maximum atomic E-state index is 4.30. The molecule has 3 heteroatoms. The van der Waals surface area contributed by atoms with Crippen molar-refractivity contribution in [2.45, 2.75) is 18.9 Å². The Labute approximate surface area is 118 Å². The summed E-state index contributed by atoms with van der Waals surface area (Å²) in [6, 6.07) is 15.3. The number of benzene rings is 2. The van der Waals surface area contributed by atoms with Gasteiger partial charge >= 0.3 is 0 Å². The summed E-state index contributed by atoms with van der Waals surface area (Å²) in [6.07, 6.45) is 1.12. The fourth-order valence-corrected chi connectivity index (χ4v) is 3.69. The summed E-state index contributed by atoms with van der Waals surface area (Å²) >= 11 is 1.80. The van der Waals surface area contributed by atoms with E-state index in [1.165, 1.54) is 16.3 Å². The Bertz CT molecular complexity index is 635. The molecule has 1 heterocycles. The number of fused-ring (bicyclic) bond motifs is 1. The molecule has 1 aliphatic heterocycles. The number of hydrogen-bond donors (Lipinski definition) is 1. The third-order valence-corrected chi connectivity index (χ3v) is 4.78. The van der Waals surface area contributed by atoms with Crippen LogP contribution in [0.15, 0.2) is 47.5 Å². The quantitative estimate of drug-likeness (QED) is 0.853. The second-order valence-corrected chi connectivity index (χ2v) is 6.23. The maximum Gasteiger partial charge on any atom is 0.156 e. The predicted octanol–water partition coefficient (Wildman–Crippen LogP) is 3.77. The van der Waals surface area contributed by atoms with Crippen molar-refractivity contribution in [3.8, 4) is 0 Å². The minimum atomic E-state index is -0.00980. The van der Waals surface area contributed by atoms with Crippen LogP contribution in [-0.2, 0) is 5.54 Å². The van der Waals surface area contributed by atoms with Crippen molar-refractivity contribution in [2.24, 2.45) is 4.99 Å². The molecule has 0 amide bonds. The molecule has 1 unspecified atom stereocenters. The number of nitrogens with one attached hydrogen (secondary N) is 1. The Morgan fingerprint density at radius 1 is 1.16 bits per heavy atom. The van der Waals surface area contributed by atoms with Crippen LogP contribution in [0.1, 0.15) is 18.9 Å². The van der Waals surface area contributed by atoms with Crippen molar-refractivity contribution >= 4 is 27.7 Å². The van der Waals surface area contributed by atoms with E-state index in [4.69, 9.17) is 0 Å². The minimum Gasteiger partial charge on any atom is -0.356 e. The van der Waals surface area contributed by atoms with Gasteiger partial charge in [-0.25, -0.2) is 0 Å². The summed E-state index contributed by atoms with van der Waals surface area (Å²) in [7, 11) is 1.85. The Kier molecular flexibility index (Phi) is 3.23. The number of rotatable bonds is 1. The molecule has 1 fully saturated rings. The number of aliphatic imine (C=N–C) groups is 1. The van der Waals surface area contributed by atoms with Crippen LogP contribution in [0.25, 0.3) is 10.8 Å². The Hall–Kier alpha value is -1.48. The summed E-state index contributed by atoms with van der Waals surface area (Å²) in [4.78, 5) is 4.30. The van der Waals surface area contributed by atoms with Gasteiger partial charge in [-0.05, 0) is 35.7 Å². The molecule has 0 bridgehead atoms. The van der Waals surface area contributed by atoms with Gasteiger partial charge in [0.2, 0.25) is 0 Å². The molecular weight excluding hydrogens is 252 g/mol. The van der Waals surface area contributed by atoms with Gasteiger partial charge < -0.3 is 5.32 Å². The molecule has 3 rings (SSSR count). The maximum absolute atomic E-state index is 4.30. The third kappa shape index (κ3) is 2.35. The monoisotopic (exact) mass is 270 g/mol. The molecule has 0 saturated carbocycles. The Morgan fingerprint density at radius 2 is 1.95 bits per heavy atom. The lowest BCUT2D eigenvalue weighted by Gasteiger charge is -2.36. The lowest BCUT2D eigenvalue weighted by atomic mass is 9.88. The van der Waals surface area contributed by atoms with Crippen LogP contribution in [0.3, 0.4) is 0 Å². The van der Waals surface area contributed by atoms with Crippen LogP contribution in [0.2, 0.25) is 0 Å². The molecule has 1 aliphatic rings. The van der Waals surface area contributed by atoms with Gasteiger partial charge in [0.15, 0.2) is 5.17 Å². The van der Waals surface area contributed by atoms with Crippen molar-refractivity contribution in [3.05, 3.63) is 48.0 Å². The lowest BCUT2D eigenvalue weighted by Crippen LogP contribution is -2.46. The normalized spacial score (nSPS) is 25.5. The first-order valence-electron chi connectivity index (χ1n) is 6.58. The van der Waals surface area contributed by atoms with Gasteiger partial charge in [0.05, 0.1) is 5.54 Å². The molecule has 1 saturated heterocycles. The topological polar surface area (TPSA) is 24.4 Å². The molecular formula is C16H18N2S. The number of thioether (sulfide) groups is 1. The van der Waals surface area contributed by atoms with Crippen molar-refractivity contribution in [2.75, 3.05) is 12.8 Å². The molecule has 0 spiro atoms. The molecule has 2 nitrogen and oxygen atoms in total. The largest absolute Gasteiger partial charge is 0.356 e. The highest BCUT2D eigenvalue weighted by Crippen LogP contribution is 2.33. The van der Waals surface area contributed by atoms with E-state index in [-0.39, 0.29) is 5.54 Å². The molecule has 98 valence electrons. The Morgan fingerprint density at radius 3 is 2.74 bits per heavy atom. The highest BCUT2D eigenvalue weighted by Gasteiger charge is 2.31. The number of hydrogen-bond acceptors (Lipinski definition) is 2. The zero-order chi connectivity index (χ0) is 13.3. The van der Waals surface area contributed by atoms with E-state index in [0.717, 1.165) is 17.3 Å². The van der Waals surface area contributed by atoms with Crippen molar-refractivity contribution in [3.63, 3.8) is 0 Å². The predicted molar refractivity (Wildman–Crippen MR) is 84.9 cm³/mol. The van der Waals surface area contributed by atoms with Crippen molar-refractivity contribution < 1.29 is 0 Å². The van der Waals surface area contributed by atoms with E-state index in [1.807, 2.05) is 7.05 Å². The van der Waals surface area contributed by atoms with Gasteiger partial charge in [-0.15, -0.1) is 0 Å². The molecule has 19 heavy (non-hydrogen) atoms. The second-order valence-electron chi connectivity index (χ2n) is 5.15. The molecule has 2 aromatic carbocycles. The van der Waals surface area contributed by atoms with Crippen LogP contribution < -0.4 is 5.32 Å². The standard InChI is InChI=1S/C16H18N2S/c1-16(9-10-19-15(17-2)18-16)14-8-7-12-5-3-4-6-13(12)11-14/h3-8,11H,9-10H2,1-2H3,(H,17,18). The average Bonchev–Trinajstić information content (AvgIpc) is 2.46. The molecule has 0 aliphatic carbocycles. The van der Waals surface area contributed by atoms with E-state index in [9.17, 15) is 0 Å². The van der Waals surface area contributed by atoms with Crippen molar-refractivity contribution in [1.29, 1.82) is 0 Å². The van der Waals surface area contributed by atoms with E-state index in [1.54, 1.807) is 11.8 Å². The van der Waals surface area contributed by atoms with E-state index in [2.05, 4.69) is 59.7 Å². The van der Waals surface area contributed by atoms with E-state index >= 15 is 0 Å². The highest BCUT2D eigenvalue weighted by molar-refractivity contribution is 8.13. The van der Waals surface area contributed by atoms with Gasteiger partial charge in [-0.2, -0.15) is 0 Å². The average molecular weight is 270 g/mol. The van der Waals surface area contributed by atoms with Crippen molar-refractivity contribution in [1.82, 2.24) is 5.32 Å². The first kappa shape index (κ1) is 12.5. The van der Waals surface area contributed by atoms with E-state index in [0.29, 0.717) is 0 Å². The van der Waals surface area contributed by atoms with Crippen LogP contribution in [-0.4, -0.2) is 18.0 Å². The Balaban J connectivity index is 2.03. The molecule has 0 aromatic heterocycles. The summed E-state index contributed by atoms with van der Waals surface area (Å²) in [5.74, 6) is 1.11. The summed E-state index contributed by atoms with van der Waals surface area (Å²) in [5, 5.41) is 7.21. The summed E-state index contributed by atoms with van der Waals surface area (Å²) in [5.41, 5.74) is 1.33. The third-order valence-electron chi connectivity index (χ3n) is 3.81. The van der Waals surface area contributed by atoms with Gasteiger partial charge in [0, 0.05) is 12.8 Å². The van der Waals surface area contributed by atoms with Crippen LogP contribution in [0.5, 0.6) is 0 Å². The smallest absolute Gasteiger partial charge is 0.156 e. The zero-order valence-corrected chi connectivity index (χ0v) is 12.1. The fourth-order valence-electron chi connectivity index (χ4n) is 2.56. The highest BCUT2D eigenvalue weighted by atomic mass is 32.2. The summed E-state index contributed by atoms with van der Waals surface area (Å²) < 4.78 is 0. The summed E-state index contributed by atoms with van der Waals surface area (Å²) in [6.45, 7) is 2.27. The zero-order valence-electron chi connectivity index (χ0n) is 11.3. The molecule has 1 atom stereocenters. The van der Waals surface area contributed by atoms with Gasteiger partial charge in [-0.3, -0.25) is 4.99 Å². The van der Waals surface area contributed by atoms with Gasteiger partial charge in [0.25, 0.3) is 0 Å². The SMILES string of the molecule is CN=C1NC(C)(c2ccc3ccccc3c2)CCS1. The second kappa shape index (κ2) is 4.89. The molecule has 1 N–H and O–H groups in total. The number of amidine groups is 1. The first-order chi connectivity index (χ1) is 9.21. The number of nitrogens with zero attached hydrogens (tertiary/aromatic N) is 1. The van der Waals surface area contributed by atoms with E-state index < -0.39 is 0 Å². The molecule has 2 aromatic rings. The minimum absolute atomic E-state index is 0.00980. The van der Waals surface area contributed by atoms with Crippen LogP contribution in [0, 0.1) is 0 Å². The molecule has 0 radical (unpaired) electrons. The van der Waals surface area contributed by atoms with Crippen LogP contribution in [0.4, 0.5) is 0 Å². The van der Waals surface area contributed by atoms with Crippen LogP contribution >= 0.6 is 11.8 Å².